The van der Waals surface area contributed by atoms with Crippen molar-refractivity contribution in [3.05, 3.63) is 48.0 Å². The van der Waals surface area contributed by atoms with Gasteiger partial charge in [-0.15, -0.1) is 0 Å². The van der Waals surface area contributed by atoms with Gasteiger partial charge in [-0.05, 0) is 47.4 Å². The number of aromatic hydroxyl groups is 1. The number of hydrogen-bond donors (Lipinski definition) is 2. The Labute approximate surface area is 94.6 Å². The third-order valence-electron chi connectivity index (χ3n) is 2.99. The molecule has 80 valence electrons. The van der Waals surface area contributed by atoms with Gasteiger partial charge in [-0.1, -0.05) is 18.2 Å². The lowest BCUT2D eigenvalue weighted by Gasteiger charge is -2.05. The highest BCUT2D eigenvalue weighted by molar-refractivity contribution is 5.70. The highest BCUT2D eigenvalue weighted by Gasteiger charge is 2.10. The van der Waals surface area contributed by atoms with Crippen molar-refractivity contribution in [2.45, 2.75) is 6.42 Å². The minimum absolute atomic E-state index is 0.316. The lowest BCUT2D eigenvalue weighted by atomic mass is 10.0. The van der Waals surface area contributed by atoms with Gasteiger partial charge in [0, 0.05) is 12.2 Å². The number of benzene rings is 2. The molecule has 16 heavy (non-hydrogen) atoms. The van der Waals surface area contributed by atoms with Gasteiger partial charge in [0.2, 0.25) is 0 Å². The fourth-order valence-electron chi connectivity index (χ4n) is 2.17. The molecule has 1 aliphatic heterocycles. The summed E-state index contributed by atoms with van der Waals surface area (Å²) < 4.78 is 0. The van der Waals surface area contributed by atoms with E-state index in [1.165, 1.54) is 16.8 Å². The van der Waals surface area contributed by atoms with Crippen molar-refractivity contribution in [2.75, 3.05) is 11.9 Å². The molecule has 0 saturated carbocycles. The first-order valence-electron chi connectivity index (χ1n) is 5.49. The fourth-order valence-corrected chi connectivity index (χ4v) is 2.17. The number of hydrogen-bond acceptors (Lipinski definition) is 2. The van der Waals surface area contributed by atoms with E-state index < -0.39 is 0 Å². The lowest BCUT2D eigenvalue weighted by molar-refractivity contribution is 0.475. The first-order chi connectivity index (χ1) is 7.83. The van der Waals surface area contributed by atoms with Crippen LogP contribution in [-0.2, 0) is 6.42 Å². The molecule has 0 aliphatic carbocycles. The predicted octanol–water partition coefficient (Wildman–Crippen LogP) is 3.03. The van der Waals surface area contributed by atoms with Crippen molar-refractivity contribution in [3.63, 3.8) is 0 Å². The number of rotatable bonds is 1. The summed E-state index contributed by atoms with van der Waals surface area (Å²) in [6, 6.07) is 13.8. The maximum Gasteiger partial charge on any atom is 0.116 e. The van der Waals surface area contributed by atoms with Gasteiger partial charge in [0.25, 0.3) is 0 Å². The van der Waals surface area contributed by atoms with E-state index in [9.17, 15) is 5.11 Å². The quantitative estimate of drug-likeness (QED) is 0.760. The number of phenols is 1. The standard InChI is InChI=1S/C14H13NO/c16-13-3-1-2-10(9-13)11-4-5-14-12(8-11)6-7-15-14/h1-5,8-9,15-16H,6-7H2. The predicted molar refractivity (Wildman–Crippen MR) is 65.7 cm³/mol. The van der Waals surface area contributed by atoms with E-state index in [0.717, 1.165) is 18.5 Å². The van der Waals surface area contributed by atoms with Gasteiger partial charge in [-0.3, -0.25) is 0 Å². The Balaban J connectivity index is 2.07. The largest absolute Gasteiger partial charge is 0.508 e. The molecule has 3 rings (SSSR count). The summed E-state index contributed by atoms with van der Waals surface area (Å²) in [4.78, 5) is 0. The first-order valence-corrected chi connectivity index (χ1v) is 5.49. The van der Waals surface area contributed by atoms with Crippen LogP contribution >= 0.6 is 0 Å². The summed E-state index contributed by atoms with van der Waals surface area (Å²) in [7, 11) is 0. The molecule has 0 amide bonds. The van der Waals surface area contributed by atoms with Crippen molar-refractivity contribution in [1.82, 2.24) is 0 Å². The number of fused-ring (bicyclic) bond motifs is 1. The van der Waals surface area contributed by atoms with Gasteiger partial charge in [-0.2, -0.15) is 0 Å². The normalized spacial score (nSPS) is 13.2. The third kappa shape index (κ3) is 1.52. The summed E-state index contributed by atoms with van der Waals surface area (Å²) in [6.45, 7) is 1.03. The first kappa shape index (κ1) is 9.28. The summed E-state index contributed by atoms with van der Waals surface area (Å²) in [5.41, 5.74) is 4.83. The molecule has 2 N–H and O–H groups in total. The van der Waals surface area contributed by atoms with Crippen LogP contribution in [0, 0.1) is 0 Å². The van der Waals surface area contributed by atoms with Crippen LogP contribution < -0.4 is 5.32 Å². The van der Waals surface area contributed by atoms with Crippen molar-refractivity contribution in [3.8, 4) is 16.9 Å². The van der Waals surface area contributed by atoms with E-state index in [4.69, 9.17) is 0 Å². The number of nitrogens with one attached hydrogen (secondary N) is 1. The van der Waals surface area contributed by atoms with Crippen LogP contribution in [0.3, 0.4) is 0 Å². The lowest BCUT2D eigenvalue weighted by Crippen LogP contribution is -1.90. The monoisotopic (exact) mass is 211 g/mol. The van der Waals surface area contributed by atoms with Crippen LogP contribution in [0.5, 0.6) is 5.75 Å². The third-order valence-corrected chi connectivity index (χ3v) is 2.99. The van der Waals surface area contributed by atoms with E-state index in [1.807, 2.05) is 12.1 Å². The molecule has 0 aromatic heterocycles. The molecule has 2 aromatic rings. The summed E-state index contributed by atoms with van der Waals surface area (Å²) >= 11 is 0. The fraction of sp³-hybridized carbons (Fsp3) is 0.143. The summed E-state index contributed by atoms with van der Waals surface area (Å²) in [5, 5.41) is 12.8. The summed E-state index contributed by atoms with van der Waals surface area (Å²) in [5.74, 6) is 0.316. The Hall–Kier alpha value is -1.96. The second kappa shape index (κ2) is 3.56. The minimum Gasteiger partial charge on any atom is -0.508 e. The number of anilines is 1. The molecule has 1 heterocycles. The molecule has 2 aromatic carbocycles. The van der Waals surface area contributed by atoms with Crippen molar-refractivity contribution in [1.29, 1.82) is 0 Å². The van der Waals surface area contributed by atoms with Gasteiger partial charge in [-0.25, -0.2) is 0 Å². The molecule has 0 spiro atoms. The van der Waals surface area contributed by atoms with E-state index >= 15 is 0 Å². The molecule has 1 aliphatic rings. The molecule has 0 atom stereocenters. The molecule has 2 nitrogen and oxygen atoms in total. The zero-order valence-corrected chi connectivity index (χ0v) is 8.90. The second-order valence-corrected chi connectivity index (χ2v) is 4.10. The molecule has 0 radical (unpaired) electrons. The van der Waals surface area contributed by atoms with E-state index in [-0.39, 0.29) is 0 Å². The van der Waals surface area contributed by atoms with E-state index in [0.29, 0.717) is 5.75 Å². The summed E-state index contributed by atoms with van der Waals surface area (Å²) in [6.07, 6.45) is 1.09. The van der Waals surface area contributed by atoms with Crippen LogP contribution in [0.2, 0.25) is 0 Å². The highest BCUT2D eigenvalue weighted by Crippen LogP contribution is 2.29. The topological polar surface area (TPSA) is 32.3 Å². The zero-order chi connectivity index (χ0) is 11.0. The molecule has 2 heteroatoms. The van der Waals surface area contributed by atoms with Gasteiger partial charge in [0.15, 0.2) is 0 Å². The highest BCUT2D eigenvalue weighted by atomic mass is 16.3. The van der Waals surface area contributed by atoms with E-state index in [2.05, 4.69) is 23.5 Å². The average molecular weight is 211 g/mol. The molecule has 0 unspecified atom stereocenters. The Morgan fingerprint density at radius 2 is 1.88 bits per heavy atom. The minimum atomic E-state index is 0.316. The zero-order valence-electron chi connectivity index (χ0n) is 8.90. The van der Waals surface area contributed by atoms with Crippen LogP contribution in [-0.4, -0.2) is 11.7 Å². The van der Waals surface area contributed by atoms with Crippen molar-refractivity contribution < 1.29 is 5.11 Å². The molecular weight excluding hydrogens is 198 g/mol. The number of phenolic OH excluding ortho intramolecular Hbond substituents is 1. The Morgan fingerprint density at radius 3 is 2.75 bits per heavy atom. The van der Waals surface area contributed by atoms with Gasteiger partial charge in [0.05, 0.1) is 0 Å². The van der Waals surface area contributed by atoms with Crippen LogP contribution in [0.15, 0.2) is 42.5 Å². The van der Waals surface area contributed by atoms with Crippen molar-refractivity contribution in [2.24, 2.45) is 0 Å². The van der Waals surface area contributed by atoms with Gasteiger partial charge in [0.1, 0.15) is 5.75 Å². The van der Waals surface area contributed by atoms with Crippen LogP contribution in [0.4, 0.5) is 5.69 Å². The second-order valence-electron chi connectivity index (χ2n) is 4.10. The van der Waals surface area contributed by atoms with Gasteiger partial charge < -0.3 is 10.4 Å². The maximum absolute atomic E-state index is 9.46. The smallest absolute Gasteiger partial charge is 0.116 e. The van der Waals surface area contributed by atoms with E-state index in [1.54, 1.807) is 12.1 Å². The Kier molecular flexibility index (Phi) is 2.07. The maximum atomic E-state index is 9.46. The molecule has 0 fully saturated rings. The van der Waals surface area contributed by atoms with Gasteiger partial charge >= 0.3 is 0 Å². The Bertz CT molecular complexity index is 534. The Morgan fingerprint density at radius 1 is 1.00 bits per heavy atom. The molecular formula is C14H13NO. The van der Waals surface area contributed by atoms with Crippen LogP contribution in [0.1, 0.15) is 5.56 Å². The van der Waals surface area contributed by atoms with Crippen molar-refractivity contribution >= 4 is 5.69 Å². The molecule has 0 saturated heterocycles. The SMILES string of the molecule is Oc1cccc(-c2ccc3c(c2)CCN3)c1. The average Bonchev–Trinajstić information content (AvgIpc) is 2.75. The molecule has 0 bridgehead atoms. The van der Waals surface area contributed by atoms with Crippen LogP contribution in [0.25, 0.3) is 11.1 Å².